The summed E-state index contributed by atoms with van der Waals surface area (Å²) in [5.74, 6) is -1.52. The minimum Gasteiger partial charge on any atom is -0.459 e. The van der Waals surface area contributed by atoms with Gasteiger partial charge >= 0.3 is 5.97 Å². The van der Waals surface area contributed by atoms with Crippen LogP contribution in [0.2, 0.25) is 0 Å². The number of ether oxygens (including phenoxy) is 1. The maximum absolute atomic E-state index is 12.9. The second-order valence-corrected chi connectivity index (χ2v) is 7.84. The molecule has 0 saturated heterocycles. The number of rotatable bonds is 10. The van der Waals surface area contributed by atoms with Gasteiger partial charge in [0.15, 0.2) is 0 Å². The lowest BCUT2D eigenvalue weighted by Crippen LogP contribution is -2.55. The Morgan fingerprint density at radius 2 is 1.39 bits per heavy atom. The summed E-state index contributed by atoms with van der Waals surface area (Å²) in [5, 5.41) is 5.36. The Morgan fingerprint density at radius 3 is 1.94 bits per heavy atom. The van der Waals surface area contributed by atoms with Crippen molar-refractivity contribution >= 4 is 17.8 Å². The molecule has 166 valence electrons. The van der Waals surface area contributed by atoms with Crippen molar-refractivity contribution in [2.75, 3.05) is 0 Å². The van der Waals surface area contributed by atoms with Gasteiger partial charge in [-0.05, 0) is 24.0 Å². The van der Waals surface area contributed by atoms with E-state index in [1.807, 2.05) is 74.5 Å². The molecular formula is C24H31N3O4. The van der Waals surface area contributed by atoms with Gasteiger partial charge in [-0.25, -0.2) is 4.79 Å². The maximum Gasteiger partial charge on any atom is 0.328 e. The number of benzene rings is 2. The highest BCUT2D eigenvalue weighted by Gasteiger charge is 2.28. The van der Waals surface area contributed by atoms with Crippen LogP contribution >= 0.6 is 0 Å². The van der Waals surface area contributed by atoms with Crippen molar-refractivity contribution in [2.45, 2.75) is 51.9 Å². The van der Waals surface area contributed by atoms with E-state index in [-0.39, 0.29) is 18.9 Å². The zero-order valence-corrected chi connectivity index (χ0v) is 18.2. The van der Waals surface area contributed by atoms with Gasteiger partial charge in [-0.1, -0.05) is 74.5 Å². The molecule has 31 heavy (non-hydrogen) atoms. The van der Waals surface area contributed by atoms with Crippen LogP contribution in [0.1, 0.15) is 31.9 Å². The second-order valence-electron chi connectivity index (χ2n) is 7.84. The predicted molar refractivity (Wildman–Crippen MR) is 119 cm³/mol. The molecule has 0 aliphatic heterocycles. The summed E-state index contributed by atoms with van der Waals surface area (Å²) in [5.41, 5.74) is 7.66. The van der Waals surface area contributed by atoms with Crippen molar-refractivity contribution in [3.05, 3.63) is 71.8 Å². The van der Waals surface area contributed by atoms with Gasteiger partial charge in [0.1, 0.15) is 18.7 Å². The first-order valence-corrected chi connectivity index (χ1v) is 10.4. The highest BCUT2D eigenvalue weighted by molar-refractivity contribution is 5.92. The molecule has 0 aliphatic rings. The van der Waals surface area contributed by atoms with Crippen LogP contribution in [-0.4, -0.2) is 35.9 Å². The van der Waals surface area contributed by atoms with E-state index in [9.17, 15) is 14.4 Å². The lowest BCUT2D eigenvalue weighted by Gasteiger charge is -2.23. The number of amides is 2. The second kappa shape index (κ2) is 11.9. The first-order valence-electron chi connectivity index (χ1n) is 10.4. The molecule has 2 amide bonds. The third kappa shape index (κ3) is 7.86. The van der Waals surface area contributed by atoms with Crippen LogP contribution in [0, 0.1) is 5.92 Å². The number of esters is 1. The fourth-order valence-electron chi connectivity index (χ4n) is 2.86. The molecule has 3 atom stereocenters. The molecule has 0 aromatic heterocycles. The largest absolute Gasteiger partial charge is 0.459 e. The number of nitrogens with two attached hydrogens (primary N) is 1. The van der Waals surface area contributed by atoms with E-state index in [1.165, 1.54) is 0 Å². The van der Waals surface area contributed by atoms with Crippen LogP contribution in [0.3, 0.4) is 0 Å². The lowest BCUT2D eigenvalue weighted by molar-refractivity contribution is -0.148. The Labute approximate surface area is 183 Å². The summed E-state index contributed by atoms with van der Waals surface area (Å²) < 4.78 is 5.28. The van der Waals surface area contributed by atoms with Crippen LogP contribution in [0.15, 0.2) is 60.7 Å². The van der Waals surface area contributed by atoms with E-state index >= 15 is 0 Å². The molecule has 7 heteroatoms. The number of carbonyl (C=O) groups excluding carboxylic acids is 3. The molecule has 0 unspecified atom stereocenters. The molecule has 2 aromatic carbocycles. The van der Waals surface area contributed by atoms with Gasteiger partial charge in [0, 0.05) is 6.42 Å². The Balaban J connectivity index is 2.01. The van der Waals surface area contributed by atoms with Crippen LogP contribution in [-0.2, 0) is 32.1 Å². The van der Waals surface area contributed by atoms with E-state index in [0.29, 0.717) is 0 Å². The van der Waals surface area contributed by atoms with Crippen LogP contribution in [0.4, 0.5) is 0 Å². The Bertz CT molecular complexity index is 856. The molecule has 0 saturated carbocycles. The molecule has 4 N–H and O–H groups in total. The Kier molecular flexibility index (Phi) is 9.21. The van der Waals surface area contributed by atoms with Crippen molar-refractivity contribution in [2.24, 2.45) is 11.7 Å². The molecule has 0 spiro atoms. The highest BCUT2D eigenvalue weighted by Crippen LogP contribution is 2.07. The normalized spacial score (nSPS) is 13.7. The maximum atomic E-state index is 12.9. The Morgan fingerprint density at radius 1 is 0.839 bits per heavy atom. The number of carbonyl (C=O) groups is 3. The fraction of sp³-hybridized carbons (Fsp3) is 0.375. The summed E-state index contributed by atoms with van der Waals surface area (Å²) in [6.07, 6.45) is 0.273. The van der Waals surface area contributed by atoms with E-state index in [2.05, 4.69) is 10.6 Å². The third-order valence-corrected chi connectivity index (χ3v) is 4.87. The van der Waals surface area contributed by atoms with Gasteiger partial charge in [0.2, 0.25) is 11.8 Å². The summed E-state index contributed by atoms with van der Waals surface area (Å²) >= 11 is 0. The first-order chi connectivity index (χ1) is 14.8. The van der Waals surface area contributed by atoms with Crippen LogP contribution in [0.5, 0.6) is 0 Å². The summed E-state index contributed by atoms with van der Waals surface area (Å²) in [7, 11) is 0. The fourth-order valence-corrected chi connectivity index (χ4v) is 2.86. The molecule has 0 bridgehead atoms. The van der Waals surface area contributed by atoms with Gasteiger partial charge in [-0.2, -0.15) is 0 Å². The number of hydrogen-bond acceptors (Lipinski definition) is 5. The monoisotopic (exact) mass is 425 g/mol. The third-order valence-electron chi connectivity index (χ3n) is 4.87. The first kappa shape index (κ1) is 24.1. The van der Waals surface area contributed by atoms with Crippen molar-refractivity contribution in [3.8, 4) is 0 Å². The minimum absolute atomic E-state index is 0.0766. The molecule has 0 fully saturated rings. The van der Waals surface area contributed by atoms with E-state index in [1.54, 1.807) is 6.92 Å². The quantitative estimate of drug-likeness (QED) is 0.504. The van der Waals surface area contributed by atoms with Crippen LogP contribution in [0.25, 0.3) is 0 Å². The minimum atomic E-state index is -0.871. The van der Waals surface area contributed by atoms with Crippen molar-refractivity contribution in [1.29, 1.82) is 0 Å². The summed E-state index contributed by atoms with van der Waals surface area (Å²) in [6, 6.07) is 16.1. The SMILES string of the molecule is CC(C)[C@H](N)C(=O)N[C@@H](Cc1ccccc1)C(=O)N[C@@H](C)C(=O)OCc1ccccc1. The van der Waals surface area contributed by atoms with Crippen molar-refractivity contribution in [3.63, 3.8) is 0 Å². The highest BCUT2D eigenvalue weighted by atomic mass is 16.5. The van der Waals surface area contributed by atoms with Crippen LogP contribution < -0.4 is 16.4 Å². The van der Waals surface area contributed by atoms with E-state index in [0.717, 1.165) is 11.1 Å². The number of nitrogens with one attached hydrogen (secondary N) is 2. The zero-order valence-electron chi connectivity index (χ0n) is 18.2. The van der Waals surface area contributed by atoms with E-state index < -0.39 is 35.9 Å². The zero-order chi connectivity index (χ0) is 22.8. The van der Waals surface area contributed by atoms with Crippen molar-refractivity contribution in [1.82, 2.24) is 10.6 Å². The molecule has 2 aromatic rings. The average molecular weight is 426 g/mol. The predicted octanol–water partition coefficient (Wildman–Crippen LogP) is 1.95. The molecule has 2 rings (SSSR count). The molecule has 7 nitrogen and oxygen atoms in total. The number of hydrogen-bond donors (Lipinski definition) is 3. The van der Waals surface area contributed by atoms with Gasteiger partial charge in [-0.3, -0.25) is 9.59 Å². The topological polar surface area (TPSA) is 111 Å². The van der Waals surface area contributed by atoms with E-state index in [4.69, 9.17) is 10.5 Å². The molecule has 0 aliphatic carbocycles. The summed E-state index contributed by atoms with van der Waals surface area (Å²) in [4.78, 5) is 37.7. The van der Waals surface area contributed by atoms with Crippen molar-refractivity contribution < 1.29 is 19.1 Å². The Hall–Kier alpha value is -3.19. The van der Waals surface area contributed by atoms with Gasteiger partial charge in [-0.15, -0.1) is 0 Å². The van der Waals surface area contributed by atoms with Gasteiger partial charge in [0.05, 0.1) is 6.04 Å². The smallest absolute Gasteiger partial charge is 0.328 e. The van der Waals surface area contributed by atoms with Gasteiger partial charge < -0.3 is 21.1 Å². The van der Waals surface area contributed by atoms with Gasteiger partial charge in [0.25, 0.3) is 0 Å². The molecule has 0 heterocycles. The molecular weight excluding hydrogens is 394 g/mol. The standard InChI is InChI=1S/C24H31N3O4/c1-16(2)21(25)23(29)27-20(14-18-10-6-4-7-11-18)22(28)26-17(3)24(30)31-15-19-12-8-5-9-13-19/h4-13,16-17,20-21H,14-15,25H2,1-3H3,(H,26,28)(H,27,29)/t17-,20-,21-/m0/s1. The lowest BCUT2D eigenvalue weighted by atomic mass is 10.0. The summed E-state index contributed by atoms with van der Waals surface area (Å²) in [6.45, 7) is 5.34. The molecule has 0 radical (unpaired) electrons. The average Bonchev–Trinajstić information content (AvgIpc) is 2.77.